The van der Waals surface area contributed by atoms with E-state index in [2.05, 4.69) is 12.2 Å². The minimum Gasteiger partial charge on any atom is -0.384 e. The third kappa shape index (κ3) is 2.99. The van der Waals surface area contributed by atoms with Crippen LogP contribution < -0.4 is 5.32 Å². The highest BCUT2D eigenvalue weighted by Crippen LogP contribution is 2.25. The lowest BCUT2D eigenvalue weighted by Crippen LogP contribution is -2.42. The number of hydrogen-bond acceptors (Lipinski definition) is 3. The van der Waals surface area contributed by atoms with Crippen LogP contribution in [0.25, 0.3) is 0 Å². The van der Waals surface area contributed by atoms with Gasteiger partial charge in [0.15, 0.2) is 0 Å². The van der Waals surface area contributed by atoms with Gasteiger partial charge in [0.05, 0.1) is 12.5 Å². The number of ether oxygens (including phenoxy) is 1. The summed E-state index contributed by atoms with van der Waals surface area (Å²) in [4.78, 5) is 14.4. The largest absolute Gasteiger partial charge is 0.384 e. The molecule has 0 unspecified atom stereocenters. The van der Waals surface area contributed by atoms with Crippen LogP contribution in [0.4, 0.5) is 0 Å². The third-order valence-electron chi connectivity index (χ3n) is 4.11. The zero-order valence-electron chi connectivity index (χ0n) is 10.9. The average Bonchev–Trinajstić information content (AvgIpc) is 2.72. The van der Waals surface area contributed by atoms with Crippen molar-refractivity contribution in [2.24, 2.45) is 17.8 Å². The first-order valence-corrected chi connectivity index (χ1v) is 6.70. The van der Waals surface area contributed by atoms with Crippen molar-refractivity contribution in [3.05, 3.63) is 0 Å². The van der Waals surface area contributed by atoms with Crippen molar-refractivity contribution >= 4 is 5.91 Å². The first kappa shape index (κ1) is 12.8. The van der Waals surface area contributed by atoms with E-state index < -0.39 is 0 Å². The van der Waals surface area contributed by atoms with Gasteiger partial charge in [-0.1, -0.05) is 6.92 Å². The van der Waals surface area contributed by atoms with E-state index >= 15 is 0 Å². The van der Waals surface area contributed by atoms with Crippen LogP contribution in [0, 0.1) is 17.8 Å². The van der Waals surface area contributed by atoms with Crippen molar-refractivity contribution in [2.75, 3.05) is 39.9 Å². The second-order valence-corrected chi connectivity index (χ2v) is 5.48. The number of carbonyl (C=O) groups is 1. The van der Waals surface area contributed by atoms with Gasteiger partial charge in [0.25, 0.3) is 0 Å². The molecule has 0 radical (unpaired) electrons. The molecular weight excluding hydrogens is 216 g/mol. The summed E-state index contributed by atoms with van der Waals surface area (Å²) < 4.78 is 5.22. The highest BCUT2D eigenvalue weighted by molar-refractivity contribution is 5.79. The molecule has 1 N–H and O–H groups in total. The smallest absolute Gasteiger partial charge is 0.226 e. The molecule has 17 heavy (non-hydrogen) atoms. The molecule has 0 aliphatic carbocycles. The molecule has 3 atom stereocenters. The molecule has 0 aromatic carbocycles. The Morgan fingerprint density at radius 2 is 2.29 bits per heavy atom. The lowest BCUT2D eigenvalue weighted by molar-refractivity contribution is -0.135. The average molecular weight is 240 g/mol. The van der Waals surface area contributed by atoms with Gasteiger partial charge in [-0.05, 0) is 25.3 Å². The number of nitrogens with zero attached hydrogens (tertiary/aromatic N) is 1. The fourth-order valence-electron chi connectivity index (χ4n) is 2.97. The van der Waals surface area contributed by atoms with Gasteiger partial charge in [-0.3, -0.25) is 4.79 Å². The fourth-order valence-corrected chi connectivity index (χ4v) is 2.97. The second-order valence-electron chi connectivity index (χ2n) is 5.48. The van der Waals surface area contributed by atoms with Crippen molar-refractivity contribution in [3.63, 3.8) is 0 Å². The van der Waals surface area contributed by atoms with Gasteiger partial charge in [-0.15, -0.1) is 0 Å². The minimum atomic E-state index is 0.206. The summed E-state index contributed by atoms with van der Waals surface area (Å²) in [6, 6.07) is 0. The van der Waals surface area contributed by atoms with E-state index in [-0.39, 0.29) is 5.92 Å². The van der Waals surface area contributed by atoms with Crippen LogP contribution in [0.15, 0.2) is 0 Å². The number of methoxy groups -OCH3 is 1. The summed E-state index contributed by atoms with van der Waals surface area (Å²) in [6.07, 6.45) is 2.17. The maximum Gasteiger partial charge on any atom is 0.226 e. The number of carbonyl (C=O) groups excluding carboxylic acids is 1. The zero-order chi connectivity index (χ0) is 12.3. The third-order valence-corrected chi connectivity index (χ3v) is 4.11. The normalized spacial score (nSPS) is 34.0. The summed E-state index contributed by atoms with van der Waals surface area (Å²) in [5.41, 5.74) is 0. The van der Waals surface area contributed by atoms with E-state index in [1.807, 2.05) is 4.90 Å². The van der Waals surface area contributed by atoms with Crippen molar-refractivity contribution in [3.8, 4) is 0 Å². The van der Waals surface area contributed by atoms with E-state index in [1.165, 1.54) is 0 Å². The Kier molecular flexibility index (Phi) is 4.40. The number of rotatable bonds is 3. The molecule has 0 bridgehead atoms. The van der Waals surface area contributed by atoms with Crippen LogP contribution in [0.5, 0.6) is 0 Å². The Hall–Kier alpha value is -0.610. The molecule has 4 nitrogen and oxygen atoms in total. The molecule has 0 saturated carbocycles. The molecule has 2 saturated heterocycles. The van der Waals surface area contributed by atoms with Crippen LogP contribution in [0.1, 0.15) is 19.8 Å². The predicted octanol–water partition coefficient (Wildman–Crippen LogP) is 0.727. The second kappa shape index (κ2) is 5.83. The number of likely N-dealkylation sites (tertiary alicyclic amines) is 1. The minimum absolute atomic E-state index is 0.206. The summed E-state index contributed by atoms with van der Waals surface area (Å²) in [7, 11) is 1.74. The van der Waals surface area contributed by atoms with Crippen LogP contribution >= 0.6 is 0 Å². The van der Waals surface area contributed by atoms with Crippen molar-refractivity contribution in [2.45, 2.75) is 19.8 Å². The Morgan fingerprint density at radius 1 is 1.47 bits per heavy atom. The lowest BCUT2D eigenvalue weighted by atomic mass is 9.98. The molecule has 0 aromatic heterocycles. The SMILES string of the molecule is COC[C@@H]1CN(C(=O)[C@@H]2CCCNC2)C[C@@H]1C. The number of nitrogens with one attached hydrogen (secondary N) is 1. The summed E-state index contributed by atoms with van der Waals surface area (Å²) in [6.45, 7) is 6.70. The molecule has 2 fully saturated rings. The molecule has 98 valence electrons. The number of piperidine rings is 1. The molecule has 4 heteroatoms. The Bertz CT molecular complexity index is 264. The molecular formula is C13H24N2O2. The molecule has 1 amide bonds. The van der Waals surface area contributed by atoms with Gasteiger partial charge in [0.1, 0.15) is 0 Å². The van der Waals surface area contributed by atoms with E-state index in [4.69, 9.17) is 4.74 Å². The fraction of sp³-hybridized carbons (Fsp3) is 0.923. The van der Waals surface area contributed by atoms with Gasteiger partial charge in [-0.2, -0.15) is 0 Å². The van der Waals surface area contributed by atoms with Gasteiger partial charge in [0, 0.05) is 32.7 Å². The number of amides is 1. The van der Waals surface area contributed by atoms with Crippen LogP contribution in [-0.2, 0) is 9.53 Å². The van der Waals surface area contributed by atoms with Gasteiger partial charge < -0.3 is 15.0 Å². The van der Waals surface area contributed by atoms with E-state index in [9.17, 15) is 4.79 Å². The van der Waals surface area contributed by atoms with Crippen molar-refractivity contribution in [1.29, 1.82) is 0 Å². The van der Waals surface area contributed by atoms with Crippen LogP contribution in [0.3, 0.4) is 0 Å². The highest BCUT2D eigenvalue weighted by atomic mass is 16.5. The summed E-state index contributed by atoms with van der Waals surface area (Å²) >= 11 is 0. The lowest BCUT2D eigenvalue weighted by Gasteiger charge is -2.26. The Labute approximate surface area is 104 Å². The molecule has 2 aliphatic heterocycles. The first-order chi connectivity index (χ1) is 8.22. The van der Waals surface area contributed by atoms with Crippen LogP contribution in [0.2, 0.25) is 0 Å². The summed E-state index contributed by atoms with van der Waals surface area (Å²) in [5.74, 6) is 1.64. The summed E-state index contributed by atoms with van der Waals surface area (Å²) in [5, 5.41) is 3.31. The van der Waals surface area contributed by atoms with E-state index in [1.54, 1.807) is 7.11 Å². The quantitative estimate of drug-likeness (QED) is 0.790. The van der Waals surface area contributed by atoms with E-state index in [0.717, 1.165) is 45.6 Å². The molecule has 2 rings (SSSR count). The van der Waals surface area contributed by atoms with Gasteiger partial charge in [-0.25, -0.2) is 0 Å². The van der Waals surface area contributed by atoms with Gasteiger partial charge >= 0.3 is 0 Å². The Balaban J connectivity index is 1.88. The molecule has 2 heterocycles. The number of hydrogen-bond donors (Lipinski definition) is 1. The Morgan fingerprint density at radius 3 is 2.94 bits per heavy atom. The van der Waals surface area contributed by atoms with Crippen molar-refractivity contribution in [1.82, 2.24) is 10.2 Å². The van der Waals surface area contributed by atoms with Gasteiger partial charge in [0.2, 0.25) is 5.91 Å². The zero-order valence-corrected chi connectivity index (χ0v) is 10.9. The topological polar surface area (TPSA) is 41.6 Å². The maximum absolute atomic E-state index is 12.3. The van der Waals surface area contributed by atoms with E-state index in [0.29, 0.717) is 17.7 Å². The highest BCUT2D eigenvalue weighted by Gasteiger charge is 2.35. The monoisotopic (exact) mass is 240 g/mol. The first-order valence-electron chi connectivity index (χ1n) is 6.70. The standard InChI is InChI=1S/C13H24N2O2/c1-10-7-15(8-12(10)9-17-2)13(16)11-4-3-5-14-6-11/h10-12,14H,3-9H2,1-2H3/t10-,11+,12-/m0/s1. The van der Waals surface area contributed by atoms with Crippen molar-refractivity contribution < 1.29 is 9.53 Å². The molecule has 0 aromatic rings. The molecule has 0 spiro atoms. The van der Waals surface area contributed by atoms with Crippen LogP contribution in [-0.4, -0.2) is 50.7 Å². The predicted molar refractivity (Wildman–Crippen MR) is 66.7 cm³/mol. The maximum atomic E-state index is 12.3. The molecule has 2 aliphatic rings.